The van der Waals surface area contributed by atoms with E-state index in [1.54, 1.807) is 0 Å². The van der Waals surface area contributed by atoms with Gasteiger partial charge in [-0.25, -0.2) is 4.98 Å². The largest absolute Gasteiger partial charge is 0.480 e. The van der Waals surface area contributed by atoms with Crippen molar-refractivity contribution in [2.24, 2.45) is 5.73 Å². The normalized spacial score (nSPS) is 14.8. The summed E-state index contributed by atoms with van der Waals surface area (Å²) in [5, 5.41) is 25.5. The van der Waals surface area contributed by atoms with Gasteiger partial charge in [0.2, 0.25) is 17.7 Å². The van der Waals surface area contributed by atoms with Crippen LogP contribution in [0.3, 0.4) is 0 Å². The van der Waals surface area contributed by atoms with Crippen LogP contribution in [0, 0.1) is 0 Å². The number of imidazole rings is 1. The molecule has 1 rings (SSSR count). The average Bonchev–Trinajstić information content (AvgIpc) is 3.20. The number of amides is 3. The van der Waals surface area contributed by atoms with Crippen molar-refractivity contribution in [1.29, 1.82) is 0 Å². The third-order valence-corrected chi connectivity index (χ3v) is 4.74. The van der Waals surface area contributed by atoms with Crippen molar-refractivity contribution in [3.05, 3.63) is 18.2 Å². The number of hydrogen-bond acceptors (Lipinski definition) is 8. The van der Waals surface area contributed by atoms with E-state index in [0.29, 0.717) is 11.4 Å². The van der Waals surface area contributed by atoms with Crippen LogP contribution in [0.1, 0.15) is 19.0 Å². The fourth-order valence-corrected chi connectivity index (χ4v) is 2.85. The Balaban J connectivity index is 2.91. The minimum atomic E-state index is -1.23. The third-order valence-electron chi connectivity index (χ3n) is 4.09. The summed E-state index contributed by atoms with van der Waals surface area (Å²) in [5.74, 6) is -2.72. The van der Waals surface area contributed by atoms with Gasteiger partial charge in [-0.2, -0.15) is 11.8 Å². The van der Waals surface area contributed by atoms with Crippen LogP contribution in [-0.2, 0) is 25.6 Å². The first-order valence-corrected chi connectivity index (χ1v) is 10.5. The van der Waals surface area contributed by atoms with Crippen molar-refractivity contribution in [2.45, 2.75) is 44.0 Å². The highest BCUT2D eigenvalue weighted by Gasteiger charge is 2.29. The molecule has 4 atom stereocenters. The number of nitrogens with zero attached hydrogens (tertiary/aromatic N) is 1. The molecule has 12 nitrogen and oxygen atoms in total. The molecule has 0 aliphatic heterocycles. The van der Waals surface area contributed by atoms with Crippen molar-refractivity contribution >= 4 is 35.5 Å². The van der Waals surface area contributed by atoms with Crippen LogP contribution < -0.4 is 21.7 Å². The molecule has 0 saturated carbocycles. The van der Waals surface area contributed by atoms with Crippen molar-refractivity contribution in [3.63, 3.8) is 0 Å². The number of aliphatic hydroxyl groups is 1. The first kappa shape index (κ1) is 25.4. The molecule has 1 aromatic heterocycles. The fourth-order valence-electron chi connectivity index (χ4n) is 2.38. The lowest BCUT2D eigenvalue weighted by Crippen LogP contribution is -2.57. The second-order valence-electron chi connectivity index (χ2n) is 6.56. The molecule has 0 aliphatic carbocycles. The minimum Gasteiger partial charge on any atom is -0.480 e. The molecule has 8 N–H and O–H groups in total. The Bertz CT molecular complexity index is 714. The highest BCUT2D eigenvalue weighted by Crippen LogP contribution is 2.05. The number of aliphatic hydroxyl groups excluding tert-OH is 1. The van der Waals surface area contributed by atoms with E-state index in [0.717, 1.165) is 0 Å². The molecule has 1 aromatic rings. The van der Waals surface area contributed by atoms with E-state index in [1.165, 1.54) is 31.2 Å². The first-order valence-electron chi connectivity index (χ1n) is 9.15. The van der Waals surface area contributed by atoms with Crippen LogP contribution in [0.5, 0.6) is 0 Å². The predicted molar refractivity (Wildman–Crippen MR) is 109 cm³/mol. The molecular formula is C17H28N6O6S. The van der Waals surface area contributed by atoms with Gasteiger partial charge in [-0.1, -0.05) is 0 Å². The minimum absolute atomic E-state index is 0.0353. The van der Waals surface area contributed by atoms with Gasteiger partial charge < -0.3 is 36.9 Å². The van der Waals surface area contributed by atoms with Gasteiger partial charge in [-0.15, -0.1) is 0 Å². The Morgan fingerprint density at radius 3 is 2.40 bits per heavy atom. The van der Waals surface area contributed by atoms with Gasteiger partial charge in [0, 0.05) is 18.3 Å². The first-order chi connectivity index (χ1) is 14.1. The van der Waals surface area contributed by atoms with Crippen molar-refractivity contribution in [1.82, 2.24) is 25.9 Å². The number of aromatic amines is 1. The number of aliphatic carboxylic acids is 1. The van der Waals surface area contributed by atoms with E-state index in [9.17, 15) is 24.3 Å². The quantitative estimate of drug-likeness (QED) is 0.173. The zero-order chi connectivity index (χ0) is 22.7. The number of carboxylic acids is 1. The smallest absolute Gasteiger partial charge is 0.322 e. The molecule has 1 heterocycles. The average molecular weight is 445 g/mol. The third kappa shape index (κ3) is 8.80. The van der Waals surface area contributed by atoms with Crippen molar-refractivity contribution in [2.75, 3.05) is 18.6 Å². The summed E-state index contributed by atoms with van der Waals surface area (Å²) in [6.07, 6.45) is 3.90. The van der Waals surface area contributed by atoms with Crippen molar-refractivity contribution < 1.29 is 29.4 Å². The fraction of sp³-hybridized carbons (Fsp3) is 0.588. The van der Waals surface area contributed by atoms with Crippen LogP contribution >= 0.6 is 11.8 Å². The maximum absolute atomic E-state index is 12.8. The van der Waals surface area contributed by atoms with Gasteiger partial charge in [0.25, 0.3) is 0 Å². The summed E-state index contributed by atoms with van der Waals surface area (Å²) in [7, 11) is 0. The standard InChI is InChI=1S/C17H28N6O6S/c1-9(24)14(18)17(29)22-11(3-4-30-2)16(28)23-12(5-10-6-19-8-21-10)15(27)20-7-13(25)26/h6,8-9,11-12,14,24H,3-5,7,18H2,1-2H3,(H,19,21)(H,20,27)(H,22,29)(H,23,28)(H,25,26). The highest BCUT2D eigenvalue weighted by molar-refractivity contribution is 7.98. The topological polar surface area (TPSA) is 200 Å². The van der Waals surface area contributed by atoms with Crippen LogP contribution in [0.25, 0.3) is 0 Å². The lowest BCUT2D eigenvalue weighted by molar-refractivity contribution is -0.138. The Morgan fingerprint density at radius 1 is 1.20 bits per heavy atom. The van der Waals surface area contributed by atoms with Gasteiger partial charge in [0.1, 0.15) is 24.7 Å². The van der Waals surface area contributed by atoms with Crippen LogP contribution in [0.4, 0.5) is 0 Å². The molecule has 0 spiro atoms. The zero-order valence-corrected chi connectivity index (χ0v) is 17.6. The number of thioether (sulfide) groups is 1. The number of carbonyl (C=O) groups excluding carboxylic acids is 3. The van der Waals surface area contributed by atoms with E-state index < -0.39 is 54.5 Å². The Kier molecular flexibility index (Phi) is 10.9. The summed E-state index contributed by atoms with van der Waals surface area (Å²) in [4.78, 5) is 54.8. The summed E-state index contributed by atoms with van der Waals surface area (Å²) >= 11 is 1.46. The molecule has 0 aliphatic rings. The molecule has 3 amide bonds. The SMILES string of the molecule is CSCCC(NC(=O)C(N)C(C)O)C(=O)NC(Cc1cnc[nH]1)C(=O)NCC(=O)O. The number of nitrogens with one attached hydrogen (secondary N) is 4. The van der Waals surface area contributed by atoms with E-state index in [2.05, 4.69) is 25.9 Å². The van der Waals surface area contributed by atoms with Gasteiger partial charge in [0.15, 0.2) is 0 Å². The lowest BCUT2D eigenvalue weighted by Gasteiger charge is -2.24. The lowest BCUT2D eigenvalue weighted by atomic mass is 10.1. The Labute approximate surface area is 177 Å². The molecule has 168 valence electrons. The molecule has 0 saturated heterocycles. The van der Waals surface area contributed by atoms with Gasteiger partial charge in [0.05, 0.1) is 12.4 Å². The van der Waals surface area contributed by atoms with Crippen LogP contribution in [0.2, 0.25) is 0 Å². The summed E-state index contributed by atoms with van der Waals surface area (Å²) in [6, 6.07) is -3.31. The number of nitrogens with two attached hydrogens (primary N) is 1. The molecule has 13 heteroatoms. The summed E-state index contributed by atoms with van der Waals surface area (Å²) in [5.41, 5.74) is 6.16. The predicted octanol–water partition coefficient (Wildman–Crippen LogP) is -2.42. The number of carboxylic acid groups (broad SMARTS) is 1. The molecule has 0 aromatic carbocycles. The van der Waals surface area contributed by atoms with E-state index >= 15 is 0 Å². The summed E-state index contributed by atoms with van der Waals surface area (Å²) in [6.45, 7) is 0.749. The molecule has 4 unspecified atom stereocenters. The number of hydrogen-bond donors (Lipinski definition) is 7. The monoisotopic (exact) mass is 444 g/mol. The van der Waals surface area contributed by atoms with Crippen molar-refractivity contribution in [3.8, 4) is 0 Å². The Hall–Kier alpha value is -2.64. The van der Waals surface area contributed by atoms with Gasteiger partial charge in [-0.05, 0) is 25.4 Å². The Morgan fingerprint density at radius 2 is 1.87 bits per heavy atom. The summed E-state index contributed by atoms with van der Waals surface area (Å²) < 4.78 is 0. The number of H-pyrrole nitrogens is 1. The second-order valence-corrected chi connectivity index (χ2v) is 7.55. The zero-order valence-electron chi connectivity index (χ0n) is 16.8. The highest BCUT2D eigenvalue weighted by atomic mass is 32.2. The van der Waals surface area contributed by atoms with E-state index in [1.807, 2.05) is 6.26 Å². The molecular weight excluding hydrogens is 416 g/mol. The molecule has 0 radical (unpaired) electrons. The second kappa shape index (κ2) is 12.8. The molecule has 0 fully saturated rings. The molecule has 0 bridgehead atoms. The number of aromatic nitrogens is 2. The van der Waals surface area contributed by atoms with Crippen LogP contribution in [0.15, 0.2) is 12.5 Å². The maximum Gasteiger partial charge on any atom is 0.322 e. The molecule has 30 heavy (non-hydrogen) atoms. The van der Waals surface area contributed by atoms with Crippen LogP contribution in [-0.4, -0.2) is 86.7 Å². The van der Waals surface area contributed by atoms with E-state index in [-0.39, 0.29) is 12.8 Å². The van der Waals surface area contributed by atoms with Gasteiger partial charge in [-0.3, -0.25) is 19.2 Å². The van der Waals surface area contributed by atoms with E-state index in [4.69, 9.17) is 10.8 Å². The van der Waals surface area contributed by atoms with Gasteiger partial charge >= 0.3 is 5.97 Å². The number of rotatable bonds is 13. The number of carbonyl (C=O) groups is 4. The maximum atomic E-state index is 12.8.